The highest BCUT2D eigenvalue weighted by Crippen LogP contribution is 2.12. The molecule has 1 aromatic rings. The molecular weight excluding hydrogens is 224 g/mol. The van der Waals surface area contributed by atoms with E-state index >= 15 is 0 Å². The van der Waals surface area contributed by atoms with Crippen LogP contribution in [0, 0.1) is 11.3 Å². The van der Waals surface area contributed by atoms with Gasteiger partial charge in [0.2, 0.25) is 0 Å². The molecule has 4 heteroatoms. The first-order chi connectivity index (χ1) is 8.83. The fourth-order valence-electron chi connectivity index (χ4n) is 2.36. The van der Waals surface area contributed by atoms with Crippen molar-refractivity contribution in [2.45, 2.75) is 19.8 Å². The van der Waals surface area contributed by atoms with Crippen molar-refractivity contribution in [2.75, 3.05) is 37.6 Å². The first-order valence-corrected chi connectivity index (χ1v) is 6.68. The van der Waals surface area contributed by atoms with Crippen LogP contribution in [0.2, 0.25) is 0 Å². The Kier molecular flexibility index (Phi) is 4.54. The molecule has 0 bridgehead atoms. The summed E-state index contributed by atoms with van der Waals surface area (Å²) in [4.78, 5) is 9.09. The molecule has 1 fully saturated rings. The van der Waals surface area contributed by atoms with Crippen LogP contribution in [0.1, 0.15) is 25.5 Å². The molecule has 0 aromatic carbocycles. The van der Waals surface area contributed by atoms with Crippen LogP contribution in [0.25, 0.3) is 0 Å². The van der Waals surface area contributed by atoms with E-state index < -0.39 is 0 Å². The summed E-state index contributed by atoms with van der Waals surface area (Å²) in [7, 11) is 0. The summed E-state index contributed by atoms with van der Waals surface area (Å²) in [6, 6.07) is 7.73. The van der Waals surface area contributed by atoms with Crippen molar-refractivity contribution in [3.63, 3.8) is 0 Å². The largest absolute Gasteiger partial charge is 0.356 e. The van der Waals surface area contributed by atoms with Gasteiger partial charge < -0.3 is 9.80 Å². The second-order valence-electron chi connectivity index (χ2n) is 4.62. The molecular formula is C14H20N4. The standard InChI is InChI=1S/C14H20N4/c1-2-18(11-10-17-8-3-4-9-17)14-7-5-6-13(12-15)16-14/h5-7H,2-4,8-11H2,1H3. The molecule has 0 saturated carbocycles. The summed E-state index contributed by atoms with van der Waals surface area (Å²) in [5.74, 6) is 0.913. The van der Waals surface area contributed by atoms with Crippen LogP contribution < -0.4 is 4.90 Å². The summed E-state index contributed by atoms with van der Waals surface area (Å²) < 4.78 is 0. The van der Waals surface area contributed by atoms with Gasteiger partial charge in [-0.25, -0.2) is 4.98 Å². The van der Waals surface area contributed by atoms with Crippen molar-refractivity contribution in [1.29, 1.82) is 5.26 Å². The minimum absolute atomic E-state index is 0.493. The third kappa shape index (κ3) is 3.21. The van der Waals surface area contributed by atoms with E-state index in [0.717, 1.165) is 25.5 Å². The summed E-state index contributed by atoms with van der Waals surface area (Å²) in [6.45, 7) is 7.58. The molecule has 0 unspecified atom stereocenters. The molecule has 0 atom stereocenters. The van der Waals surface area contributed by atoms with Gasteiger partial charge in [-0.3, -0.25) is 0 Å². The molecule has 2 rings (SSSR count). The van der Waals surface area contributed by atoms with Gasteiger partial charge in [0.25, 0.3) is 0 Å². The van der Waals surface area contributed by atoms with Gasteiger partial charge in [0.1, 0.15) is 17.6 Å². The van der Waals surface area contributed by atoms with E-state index in [9.17, 15) is 0 Å². The zero-order valence-corrected chi connectivity index (χ0v) is 11.0. The highest BCUT2D eigenvalue weighted by molar-refractivity contribution is 5.41. The lowest BCUT2D eigenvalue weighted by molar-refractivity contribution is 0.345. The summed E-state index contributed by atoms with van der Waals surface area (Å²) in [5, 5.41) is 8.88. The van der Waals surface area contributed by atoms with Gasteiger partial charge in [0.05, 0.1) is 0 Å². The maximum atomic E-state index is 8.88. The Bertz CT molecular complexity index is 418. The first kappa shape index (κ1) is 12.8. The Hall–Kier alpha value is -1.60. The summed E-state index contributed by atoms with van der Waals surface area (Å²) in [5.41, 5.74) is 0.493. The van der Waals surface area contributed by atoms with Crippen LogP contribution >= 0.6 is 0 Å². The smallest absolute Gasteiger partial charge is 0.142 e. The predicted octanol–water partition coefficient (Wildman–Crippen LogP) is 1.88. The molecule has 2 heterocycles. The third-order valence-corrected chi connectivity index (χ3v) is 3.44. The fourth-order valence-corrected chi connectivity index (χ4v) is 2.36. The number of nitriles is 1. The minimum atomic E-state index is 0.493. The van der Waals surface area contributed by atoms with Crippen molar-refractivity contribution in [2.24, 2.45) is 0 Å². The predicted molar refractivity (Wildman–Crippen MR) is 72.5 cm³/mol. The Morgan fingerprint density at radius 1 is 1.39 bits per heavy atom. The molecule has 1 saturated heterocycles. The van der Waals surface area contributed by atoms with Gasteiger partial charge in [-0.05, 0) is 45.0 Å². The number of likely N-dealkylation sites (tertiary alicyclic amines) is 1. The number of pyridine rings is 1. The number of hydrogen-bond donors (Lipinski definition) is 0. The Labute approximate surface area is 109 Å². The number of aromatic nitrogens is 1. The Morgan fingerprint density at radius 3 is 2.83 bits per heavy atom. The van der Waals surface area contributed by atoms with Crippen molar-refractivity contribution < 1.29 is 0 Å². The second kappa shape index (κ2) is 6.36. The van der Waals surface area contributed by atoms with Crippen LogP contribution in [-0.4, -0.2) is 42.6 Å². The van der Waals surface area contributed by atoms with Crippen molar-refractivity contribution in [3.8, 4) is 6.07 Å². The quantitative estimate of drug-likeness (QED) is 0.793. The molecule has 18 heavy (non-hydrogen) atoms. The lowest BCUT2D eigenvalue weighted by Crippen LogP contribution is -2.34. The zero-order valence-electron chi connectivity index (χ0n) is 11.0. The average Bonchev–Trinajstić information content (AvgIpc) is 2.93. The van der Waals surface area contributed by atoms with Gasteiger partial charge in [0, 0.05) is 19.6 Å². The Balaban J connectivity index is 1.96. The van der Waals surface area contributed by atoms with Gasteiger partial charge >= 0.3 is 0 Å². The van der Waals surface area contributed by atoms with E-state index in [-0.39, 0.29) is 0 Å². The van der Waals surface area contributed by atoms with Gasteiger partial charge in [-0.2, -0.15) is 5.26 Å². The lowest BCUT2D eigenvalue weighted by atomic mass is 10.3. The highest BCUT2D eigenvalue weighted by atomic mass is 15.2. The number of likely N-dealkylation sites (N-methyl/N-ethyl adjacent to an activating group) is 1. The van der Waals surface area contributed by atoms with Crippen molar-refractivity contribution in [3.05, 3.63) is 23.9 Å². The van der Waals surface area contributed by atoms with Crippen molar-refractivity contribution in [1.82, 2.24) is 9.88 Å². The molecule has 0 N–H and O–H groups in total. The highest BCUT2D eigenvalue weighted by Gasteiger charge is 2.13. The van der Waals surface area contributed by atoms with E-state index in [2.05, 4.69) is 27.8 Å². The molecule has 1 aromatic heterocycles. The van der Waals surface area contributed by atoms with Crippen LogP contribution in [0.15, 0.2) is 18.2 Å². The number of anilines is 1. The van der Waals surface area contributed by atoms with Gasteiger partial charge in [0.15, 0.2) is 0 Å². The minimum Gasteiger partial charge on any atom is -0.356 e. The number of nitrogens with zero attached hydrogens (tertiary/aromatic N) is 4. The molecule has 4 nitrogen and oxygen atoms in total. The third-order valence-electron chi connectivity index (χ3n) is 3.44. The lowest BCUT2D eigenvalue weighted by Gasteiger charge is -2.25. The summed E-state index contributed by atoms with van der Waals surface area (Å²) >= 11 is 0. The van der Waals surface area contributed by atoms with Crippen LogP contribution in [0.3, 0.4) is 0 Å². The van der Waals surface area contributed by atoms with Crippen LogP contribution in [-0.2, 0) is 0 Å². The second-order valence-corrected chi connectivity index (χ2v) is 4.62. The van der Waals surface area contributed by atoms with Gasteiger partial charge in [-0.15, -0.1) is 0 Å². The van der Waals surface area contributed by atoms with Gasteiger partial charge in [-0.1, -0.05) is 6.07 Å². The summed E-state index contributed by atoms with van der Waals surface area (Å²) in [6.07, 6.45) is 2.66. The number of rotatable bonds is 5. The first-order valence-electron chi connectivity index (χ1n) is 6.68. The molecule has 0 aliphatic carbocycles. The maximum absolute atomic E-state index is 8.88. The molecule has 1 aliphatic rings. The fraction of sp³-hybridized carbons (Fsp3) is 0.571. The van der Waals surface area contributed by atoms with E-state index in [0.29, 0.717) is 5.69 Å². The Morgan fingerprint density at radius 2 is 2.17 bits per heavy atom. The van der Waals surface area contributed by atoms with Crippen molar-refractivity contribution >= 4 is 5.82 Å². The molecule has 1 aliphatic heterocycles. The van der Waals surface area contributed by atoms with Crippen LogP contribution in [0.4, 0.5) is 5.82 Å². The average molecular weight is 244 g/mol. The molecule has 0 amide bonds. The topological polar surface area (TPSA) is 43.2 Å². The normalized spacial score (nSPS) is 15.6. The zero-order chi connectivity index (χ0) is 12.8. The van der Waals surface area contributed by atoms with Crippen LogP contribution in [0.5, 0.6) is 0 Å². The number of hydrogen-bond acceptors (Lipinski definition) is 4. The monoisotopic (exact) mass is 244 g/mol. The van der Waals surface area contributed by atoms with E-state index in [1.807, 2.05) is 12.1 Å². The van der Waals surface area contributed by atoms with E-state index in [1.54, 1.807) is 6.07 Å². The SMILES string of the molecule is CCN(CCN1CCCC1)c1cccc(C#N)n1. The molecule has 0 radical (unpaired) electrons. The maximum Gasteiger partial charge on any atom is 0.142 e. The van der Waals surface area contributed by atoms with E-state index in [1.165, 1.54) is 25.9 Å². The molecule has 96 valence electrons. The molecule has 0 spiro atoms. The van der Waals surface area contributed by atoms with E-state index in [4.69, 9.17) is 5.26 Å².